The zero-order valence-corrected chi connectivity index (χ0v) is 11.9. The summed E-state index contributed by atoms with van der Waals surface area (Å²) in [4.78, 5) is 2.23. The van der Waals surface area contributed by atoms with Crippen molar-refractivity contribution in [1.29, 1.82) is 0 Å². The van der Waals surface area contributed by atoms with Crippen LogP contribution in [0.2, 0.25) is 5.02 Å². The summed E-state index contributed by atoms with van der Waals surface area (Å²) in [6, 6.07) is 6.61. The van der Waals surface area contributed by atoms with Crippen molar-refractivity contribution in [2.75, 3.05) is 21.2 Å². The van der Waals surface area contributed by atoms with Crippen LogP contribution >= 0.6 is 11.6 Å². The van der Waals surface area contributed by atoms with Crippen LogP contribution in [0.25, 0.3) is 0 Å². The van der Waals surface area contributed by atoms with E-state index in [0.29, 0.717) is 18.0 Å². The Labute approximate surface area is 114 Å². The number of rotatable bonds is 4. The summed E-state index contributed by atoms with van der Waals surface area (Å²) in [5, 5.41) is 0.772. The highest BCUT2D eigenvalue weighted by Crippen LogP contribution is 2.42. The quantitative estimate of drug-likeness (QED) is 0.913. The Balaban J connectivity index is 2.25. The third-order valence-electron chi connectivity index (χ3n) is 3.74. The molecule has 0 bridgehead atoms. The van der Waals surface area contributed by atoms with Gasteiger partial charge in [0, 0.05) is 17.1 Å². The lowest BCUT2D eigenvalue weighted by atomic mass is 9.73. The molecule has 1 fully saturated rings. The van der Waals surface area contributed by atoms with Crippen LogP contribution in [-0.2, 0) is 0 Å². The average molecular weight is 269 g/mol. The van der Waals surface area contributed by atoms with E-state index in [2.05, 4.69) is 25.1 Å². The third kappa shape index (κ3) is 2.63. The maximum atomic E-state index is 6.37. The van der Waals surface area contributed by atoms with Gasteiger partial charge in [-0.15, -0.1) is 0 Å². The van der Waals surface area contributed by atoms with Crippen LogP contribution in [-0.4, -0.2) is 32.1 Å². The Morgan fingerprint density at radius 2 is 2.06 bits per heavy atom. The lowest BCUT2D eigenvalue weighted by Gasteiger charge is -2.42. The van der Waals surface area contributed by atoms with E-state index < -0.39 is 0 Å². The van der Waals surface area contributed by atoms with Gasteiger partial charge in [-0.05, 0) is 50.6 Å². The van der Waals surface area contributed by atoms with Gasteiger partial charge in [0.25, 0.3) is 0 Å². The van der Waals surface area contributed by atoms with Gasteiger partial charge in [0.15, 0.2) is 0 Å². The van der Waals surface area contributed by atoms with Crippen LogP contribution in [0.5, 0.6) is 5.75 Å². The first kappa shape index (κ1) is 13.7. The van der Waals surface area contributed by atoms with Gasteiger partial charge in [-0.2, -0.15) is 0 Å². The maximum Gasteiger partial charge on any atom is 0.120 e. The molecule has 1 unspecified atom stereocenters. The van der Waals surface area contributed by atoms with Gasteiger partial charge < -0.3 is 15.4 Å². The van der Waals surface area contributed by atoms with Crippen molar-refractivity contribution in [3.05, 3.63) is 28.8 Å². The Hall–Kier alpha value is -0.770. The molecule has 1 aromatic rings. The highest BCUT2D eigenvalue weighted by atomic mass is 35.5. The van der Waals surface area contributed by atoms with E-state index in [4.69, 9.17) is 22.1 Å². The highest BCUT2D eigenvalue weighted by molar-refractivity contribution is 6.31. The van der Waals surface area contributed by atoms with Crippen LogP contribution in [0, 0.1) is 5.92 Å². The first-order chi connectivity index (χ1) is 8.52. The fraction of sp³-hybridized carbons (Fsp3) is 0.571. The minimum absolute atomic E-state index is 0.336. The lowest BCUT2D eigenvalue weighted by Crippen LogP contribution is -2.43. The monoisotopic (exact) mass is 268 g/mol. The number of hydrogen-bond acceptors (Lipinski definition) is 3. The molecule has 1 aliphatic rings. The number of halogens is 1. The molecule has 3 nitrogen and oxygen atoms in total. The second-order valence-electron chi connectivity index (χ2n) is 5.29. The second-order valence-corrected chi connectivity index (χ2v) is 5.69. The number of hydrogen-bond donors (Lipinski definition) is 1. The van der Waals surface area contributed by atoms with Crippen molar-refractivity contribution in [2.24, 2.45) is 11.7 Å². The van der Waals surface area contributed by atoms with E-state index in [1.165, 1.54) is 5.56 Å². The molecule has 1 atom stereocenters. The predicted octanol–water partition coefficient (Wildman–Crippen LogP) is 2.69. The van der Waals surface area contributed by atoms with Gasteiger partial charge in [0.2, 0.25) is 0 Å². The molecule has 0 spiro atoms. The minimum atomic E-state index is 0.336. The van der Waals surface area contributed by atoms with E-state index in [0.717, 1.165) is 23.6 Å². The van der Waals surface area contributed by atoms with E-state index in [-0.39, 0.29) is 0 Å². The molecule has 100 valence electrons. The zero-order valence-electron chi connectivity index (χ0n) is 11.2. The second kappa shape index (κ2) is 5.47. The Kier molecular flexibility index (Phi) is 4.15. The van der Waals surface area contributed by atoms with E-state index in [1.807, 2.05) is 12.1 Å². The predicted molar refractivity (Wildman–Crippen MR) is 75.1 cm³/mol. The van der Waals surface area contributed by atoms with Gasteiger partial charge in [-0.25, -0.2) is 0 Å². The van der Waals surface area contributed by atoms with Crippen molar-refractivity contribution in [1.82, 2.24) is 4.90 Å². The van der Waals surface area contributed by atoms with Crippen molar-refractivity contribution in [3.8, 4) is 5.75 Å². The van der Waals surface area contributed by atoms with Crippen molar-refractivity contribution >= 4 is 11.6 Å². The molecule has 0 aromatic heterocycles. The molecule has 0 radical (unpaired) electrons. The van der Waals surface area contributed by atoms with Crippen molar-refractivity contribution < 1.29 is 4.74 Å². The normalized spacial score (nSPS) is 24.8. The van der Waals surface area contributed by atoms with Crippen LogP contribution < -0.4 is 10.5 Å². The summed E-state index contributed by atoms with van der Waals surface area (Å²) in [7, 11) is 5.84. The van der Waals surface area contributed by atoms with Gasteiger partial charge in [0.05, 0.1) is 7.11 Å². The molecule has 2 N–H and O–H groups in total. The number of benzene rings is 1. The van der Waals surface area contributed by atoms with E-state index in [1.54, 1.807) is 7.11 Å². The standard InChI is InChI=1S/C14H21ClN2O/c1-17(2)14(9-6-10(16)7-9)12-5-4-11(18-3)8-13(12)15/h4-5,8-10,14H,6-7,16H2,1-3H3. The zero-order chi connectivity index (χ0) is 13.3. The molecule has 4 heteroatoms. The van der Waals surface area contributed by atoms with Gasteiger partial charge in [0.1, 0.15) is 5.75 Å². The number of ether oxygens (including phenoxy) is 1. The average Bonchev–Trinajstić information content (AvgIpc) is 2.28. The molecule has 0 aliphatic heterocycles. The van der Waals surface area contributed by atoms with Crippen LogP contribution in [0.4, 0.5) is 0 Å². The maximum absolute atomic E-state index is 6.37. The number of nitrogens with two attached hydrogens (primary N) is 1. The first-order valence-corrected chi connectivity index (χ1v) is 6.66. The molecule has 1 aliphatic carbocycles. The smallest absolute Gasteiger partial charge is 0.120 e. The van der Waals surface area contributed by atoms with Gasteiger partial charge >= 0.3 is 0 Å². The first-order valence-electron chi connectivity index (χ1n) is 6.28. The largest absolute Gasteiger partial charge is 0.497 e. The Morgan fingerprint density at radius 3 is 2.50 bits per heavy atom. The third-order valence-corrected chi connectivity index (χ3v) is 4.07. The number of nitrogens with zero attached hydrogens (tertiary/aromatic N) is 1. The molecule has 0 amide bonds. The molecule has 2 rings (SSSR count). The Bertz CT molecular complexity index is 416. The van der Waals surface area contributed by atoms with Crippen LogP contribution in [0.1, 0.15) is 24.4 Å². The molecular weight excluding hydrogens is 248 g/mol. The summed E-state index contributed by atoms with van der Waals surface area (Å²) in [5.41, 5.74) is 7.06. The van der Waals surface area contributed by atoms with Crippen LogP contribution in [0.15, 0.2) is 18.2 Å². The minimum Gasteiger partial charge on any atom is -0.497 e. The van der Waals surface area contributed by atoms with Crippen molar-refractivity contribution in [2.45, 2.75) is 24.9 Å². The molecule has 1 aromatic carbocycles. The topological polar surface area (TPSA) is 38.5 Å². The molecular formula is C14H21ClN2O. The number of methoxy groups -OCH3 is 1. The summed E-state index contributed by atoms with van der Waals surface area (Å²) in [6.07, 6.45) is 2.15. The fourth-order valence-corrected chi connectivity index (χ4v) is 3.08. The molecule has 1 saturated carbocycles. The molecule has 0 saturated heterocycles. The lowest BCUT2D eigenvalue weighted by molar-refractivity contribution is 0.123. The molecule has 0 heterocycles. The van der Waals surface area contributed by atoms with E-state index >= 15 is 0 Å². The van der Waals surface area contributed by atoms with Crippen LogP contribution in [0.3, 0.4) is 0 Å². The van der Waals surface area contributed by atoms with E-state index in [9.17, 15) is 0 Å². The van der Waals surface area contributed by atoms with Gasteiger partial charge in [-0.1, -0.05) is 17.7 Å². The summed E-state index contributed by atoms with van der Waals surface area (Å²) >= 11 is 6.37. The Morgan fingerprint density at radius 1 is 1.39 bits per heavy atom. The highest BCUT2D eigenvalue weighted by Gasteiger charge is 2.35. The van der Waals surface area contributed by atoms with Crippen molar-refractivity contribution in [3.63, 3.8) is 0 Å². The summed E-state index contributed by atoms with van der Waals surface area (Å²) < 4.78 is 5.19. The van der Waals surface area contributed by atoms with Gasteiger partial charge in [-0.3, -0.25) is 0 Å². The molecule has 18 heavy (non-hydrogen) atoms. The SMILES string of the molecule is COc1ccc(C(C2CC(N)C2)N(C)C)c(Cl)c1. The fourth-order valence-electron chi connectivity index (χ4n) is 2.79. The summed E-state index contributed by atoms with van der Waals surface area (Å²) in [6.45, 7) is 0. The summed E-state index contributed by atoms with van der Waals surface area (Å²) in [5.74, 6) is 1.40.